The first-order valence-electron chi connectivity index (χ1n) is 15.5. The number of piperazine rings is 1. The highest BCUT2D eigenvalue weighted by atomic mass is 32.2. The summed E-state index contributed by atoms with van der Waals surface area (Å²) in [5, 5.41) is 17.4. The van der Waals surface area contributed by atoms with Gasteiger partial charge in [-0.25, -0.2) is 0 Å². The number of carbonyl (C=O) groups excluding carboxylic acids is 1. The van der Waals surface area contributed by atoms with Crippen LogP contribution in [-0.4, -0.2) is 95.8 Å². The van der Waals surface area contributed by atoms with Crippen LogP contribution in [0.4, 0.5) is 0 Å². The fourth-order valence-electron chi connectivity index (χ4n) is 8.25. The average Bonchev–Trinajstić information content (AvgIpc) is 3.41. The van der Waals surface area contributed by atoms with E-state index < -0.39 is 0 Å². The quantitative estimate of drug-likeness (QED) is 0.497. The molecule has 41 heavy (non-hydrogen) atoms. The lowest BCUT2D eigenvalue weighted by molar-refractivity contribution is -0.135. The van der Waals surface area contributed by atoms with Crippen molar-refractivity contribution < 1.29 is 9.53 Å². The van der Waals surface area contributed by atoms with Gasteiger partial charge in [0.2, 0.25) is 5.91 Å². The van der Waals surface area contributed by atoms with Gasteiger partial charge in [0.15, 0.2) is 6.35 Å². The van der Waals surface area contributed by atoms with Gasteiger partial charge in [0.05, 0.1) is 31.3 Å². The van der Waals surface area contributed by atoms with Crippen LogP contribution in [0.5, 0.6) is 0 Å². The largest absolute Gasteiger partial charge is 0.348 e. The number of thioether (sulfide) groups is 1. The Morgan fingerprint density at radius 3 is 2.88 bits per heavy atom. The van der Waals surface area contributed by atoms with Crippen LogP contribution in [0.3, 0.4) is 0 Å². The highest BCUT2D eigenvalue weighted by Gasteiger charge is 2.52. The highest BCUT2D eigenvalue weighted by Crippen LogP contribution is 2.56. The van der Waals surface area contributed by atoms with E-state index in [0.717, 1.165) is 31.7 Å². The number of nitrogens with zero attached hydrogens (tertiary/aromatic N) is 4. The van der Waals surface area contributed by atoms with E-state index in [1.54, 1.807) is 0 Å². The Labute approximate surface area is 249 Å². The average molecular weight is 579 g/mol. The molecule has 7 unspecified atom stereocenters. The monoisotopic (exact) mass is 578 g/mol. The Bertz CT molecular complexity index is 1160. The third-order valence-electron chi connectivity index (χ3n) is 10.7. The second-order valence-electron chi connectivity index (χ2n) is 12.8. The van der Waals surface area contributed by atoms with Gasteiger partial charge in [0.25, 0.3) is 0 Å². The van der Waals surface area contributed by atoms with E-state index in [4.69, 9.17) is 4.74 Å². The third-order valence-corrected chi connectivity index (χ3v) is 12.5. The van der Waals surface area contributed by atoms with E-state index in [1.165, 1.54) is 36.5 Å². The minimum absolute atomic E-state index is 0.0776. The van der Waals surface area contributed by atoms with Crippen LogP contribution in [0.15, 0.2) is 36.9 Å². The molecule has 1 spiro atoms. The number of amides is 1. The molecule has 2 N–H and O–H groups in total. The summed E-state index contributed by atoms with van der Waals surface area (Å²) < 4.78 is 6.81. The van der Waals surface area contributed by atoms with E-state index in [1.807, 2.05) is 4.90 Å². The standard InChI is InChI=1S/C32H46N6O2S/c1-4-29(39)38-17-16-37(19-24(38)12-14-33)30-27-11-13-32(22(2)26-10-6-5-8-23(26)21-41-32)18-28(27)34-31(35-30)40-20-25-9-7-15-36(25)3/h4-6,8,10,22,24-25,27-28,30-31,34-35H,1,7,9,11-13,15-21H2,2-3H3/t22?,24?,25?,27?,28?,30?,31?,32-/m0/s1. The molecule has 1 aromatic carbocycles. The lowest BCUT2D eigenvalue weighted by Gasteiger charge is -2.57. The van der Waals surface area contributed by atoms with Gasteiger partial charge >= 0.3 is 0 Å². The zero-order valence-electron chi connectivity index (χ0n) is 24.6. The van der Waals surface area contributed by atoms with Gasteiger partial charge in [0.1, 0.15) is 0 Å². The summed E-state index contributed by atoms with van der Waals surface area (Å²) in [6.45, 7) is 10.1. The zero-order chi connectivity index (χ0) is 28.6. The molecule has 0 radical (unpaired) electrons. The second-order valence-corrected chi connectivity index (χ2v) is 14.2. The normalized spacial score (nSPS) is 37.8. The van der Waals surface area contributed by atoms with Crippen LogP contribution in [0, 0.1) is 17.2 Å². The van der Waals surface area contributed by atoms with Crippen molar-refractivity contribution in [3.8, 4) is 6.07 Å². The molecule has 6 rings (SSSR count). The van der Waals surface area contributed by atoms with E-state index in [0.29, 0.717) is 50.0 Å². The summed E-state index contributed by atoms with van der Waals surface area (Å²) in [7, 11) is 2.20. The number of hydrogen-bond acceptors (Lipinski definition) is 8. The van der Waals surface area contributed by atoms with Gasteiger partial charge in [-0.2, -0.15) is 5.26 Å². The molecule has 8 nitrogen and oxygen atoms in total. The van der Waals surface area contributed by atoms with Crippen LogP contribution < -0.4 is 10.6 Å². The number of ether oxygens (including phenoxy) is 1. The molecule has 0 bridgehead atoms. The van der Waals surface area contributed by atoms with Crippen molar-refractivity contribution in [2.24, 2.45) is 5.92 Å². The third kappa shape index (κ3) is 5.72. The predicted molar refractivity (Wildman–Crippen MR) is 163 cm³/mol. The summed E-state index contributed by atoms with van der Waals surface area (Å²) in [6.07, 6.45) is 7.51. The molecule has 0 aromatic heterocycles. The molecule has 4 fully saturated rings. The number of benzene rings is 1. The Morgan fingerprint density at radius 2 is 2.10 bits per heavy atom. The molecular formula is C32H46N6O2S. The highest BCUT2D eigenvalue weighted by molar-refractivity contribution is 8.00. The fraction of sp³-hybridized carbons (Fsp3) is 0.688. The summed E-state index contributed by atoms with van der Waals surface area (Å²) in [5.41, 5.74) is 3.01. The minimum Gasteiger partial charge on any atom is -0.348 e. The van der Waals surface area contributed by atoms with Gasteiger partial charge in [-0.05, 0) is 68.8 Å². The number of fused-ring (bicyclic) bond motifs is 2. The second kappa shape index (κ2) is 12.4. The number of rotatable bonds is 6. The van der Waals surface area contributed by atoms with Crippen molar-refractivity contribution in [1.29, 1.82) is 5.26 Å². The Kier molecular flexibility index (Phi) is 8.79. The van der Waals surface area contributed by atoms with Crippen LogP contribution in [-0.2, 0) is 15.3 Å². The fourth-order valence-corrected chi connectivity index (χ4v) is 9.89. The van der Waals surface area contributed by atoms with Gasteiger partial charge in [-0.1, -0.05) is 37.8 Å². The molecule has 9 heteroatoms. The number of nitrogens with one attached hydrogen (secondary N) is 2. The van der Waals surface area contributed by atoms with Crippen LogP contribution >= 0.6 is 11.8 Å². The van der Waals surface area contributed by atoms with Crippen molar-refractivity contribution in [1.82, 2.24) is 25.3 Å². The molecule has 4 heterocycles. The molecule has 1 aromatic rings. The lowest BCUT2D eigenvalue weighted by Crippen LogP contribution is -2.73. The maximum absolute atomic E-state index is 12.6. The number of carbonyl (C=O) groups is 1. The van der Waals surface area contributed by atoms with Crippen LogP contribution in [0.25, 0.3) is 0 Å². The molecule has 1 saturated carbocycles. The van der Waals surface area contributed by atoms with Crippen molar-refractivity contribution in [2.45, 2.75) is 92.5 Å². The SMILES string of the molecule is C=CC(=O)N1CCN(C2NC(OCC3CCCN3C)NC3C[C@]4(CCC32)SCc2ccccc2C4C)CC1CC#N. The molecule has 222 valence electrons. The molecule has 8 atom stereocenters. The Hall–Kier alpha value is -1.93. The first kappa shape index (κ1) is 29.2. The number of nitriles is 1. The minimum atomic E-state index is -0.219. The number of likely N-dealkylation sites (N-methyl/N-ethyl adjacent to an activating group) is 1. The van der Waals surface area contributed by atoms with E-state index >= 15 is 0 Å². The van der Waals surface area contributed by atoms with Gasteiger partial charge < -0.3 is 14.5 Å². The maximum atomic E-state index is 12.6. The van der Waals surface area contributed by atoms with Crippen molar-refractivity contribution in [2.75, 3.05) is 39.8 Å². The van der Waals surface area contributed by atoms with Gasteiger partial charge in [-0.3, -0.25) is 20.3 Å². The van der Waals surface area contributed by atoms with Crippen molar-refractivity contribution in [3.63, 3.8) is 0 Å². The molecule has 4 aliphatic heterocycles. The van der Waals surface area contributed by atoms with E-state index in [2.05, 4.69) is 83.1 Å². The lowest BCUT2D eigenvalue weighted by atomic mass is 9.68. The maximum Gasteiger partial charge on any atom is 0.246 e. The van der Waals surface area contributed by atoms with Gasteiger partial charge in [0, 0.05) is 48.1 Å². The summed E-state index contributed by atoms with van der Waals surface area (Å²) in [4.78, 5) is 19.3. The van der Waals surface area contributed by atoms with Crippen molar-refractivity contribution >= 4 is 17.7 Å². The van der Waals surface area contributed by atoms with Gasteiger partial charge in [-0.15, -0.1) is 11.8 Å². The topological polar surface area (TPSA) is 83.9 Å². The van der Waals surface area contributed by atoms with Crippen LogP contribution in [0.1, 0.15) is 62.5 Å². The molecule has 3 saturated heterocycles. The molecule has 1 amide bonds. The number of hydrogen-bond donors (Lipinski definition) is 2. The molecule has 1 aliphatic carbocycles. The smallest absolute Gasteiger partial charge is 0.246 e. The summed E-state index contributed by atoms with van der Waals surface area (Å²) in [6, 6.07) is 12.0. The number of likely N-dealkylation sites (tertiary alicyclic amines) is 1. The molecular weight excluding hydrogens is 532 g/mol. The van der Waals surface area contributed by atoms with E-state index in [-0.39, 0.29) is 29.2 Å². The first-order valence-corrected chi connectivity index (χ1v) is 16.5. The summed E-state index contributed by atoms with van der Waals surface area (Å²) in [5.74, 6) is 1.95. The summed E-state index contributed by atoms with van der Waals surface area (Å²) >= 11 is 2.17. The zero-order valence-corrected chi connectivity index (χ0v) is 25.5. The van der Waals surface area contributed by atoms with E-state index in [9.17, 15) is 10.1 Å². The predicted octanol–water partition coefficient (Wildman–Crippen LogP) is 3.47. The van der Waals surface area contributed by atoms with Crippen LogP contribution in [0.2, 0.25) is 0 Å². The molecule has 5 aliphatic rings. The first-order chi connectivity index (χ1) is 19.9. The van der Waals surface area contributed by atoms with Crippen molar-refractivity contribution in [3.05, 3.63) is 48.0 Å². The Balaban J connectivity index is 1.22. The Morgan fingerprint density at radius 1 is 1.24 bits per heavy atom.